The Morgan fingerprint density at radius 2 is 1.97 bits per heavy atom. The maximum absolute atomic E-state index is 12.7. The number of unbranched alkanes of at least 4 members (excludes halogenated alkanes) is 1. The minimum atomic E-state index is -0.845. The first kappa shape index (κ1) is 26.9. The van der Waals surface area contributed by atoms with E-state index >= 15 is 0 Å². The van der Waals surface area contributed by atoms with Crippen LogP contribution in [-0.2, 0) is 16.0 Å². The minimum Gasteiger partial charge on any atom is -0.506 e. The summed E-state index contributed by atoms with van der Waals surface area (Å²) in [7, 11) is 0. The van der Waals surface area contributed by atoms with Crippen LogP contribution in [-0.4, -0.2) is 65.4 Å². The summed E-state index contributed by atoms with van der Waals surface area (Å²) >= 11 is 0.964. The van der Waals surface area contributed by atoms with Gasteiger partial charge < -0.3 is 30.2 Å². The van der Waals surface area contributed by atoms with Crippen molar-refractivity contribution in [3.63, 3.8) is 0 Å². The number of phenolic OH excluding ortho intramolecular Hbond substituents is 1. The molecule has 9 heteroatoms. The largest absolute Gasteiger partial charge is 0.506 e. The van der Waals surface area contributed by atoms with Gasteiger partial charge in [-0.15, -0.1) is 0 Å². The molecule has 0 radical (unpaired) electrons. The summed E-state index contributed by atoms with van der Waals surface area (Å²) in [5.74, 6) is 0.0502. The number of amides is 1. The van der Waals surface area contributed by atoms with Crippen molar-refractivity contribution in [1.82, 2.24) is 15.2 Å². The van der Waals surface area contributed by atoms with Crippen molar-refractivity contribution < 1.29 is 19.7 Å². The summed E-state index contributed by atoms with van der Waals surface area (Å²) in [6.45, 7) is 5.12. The molecule has 1 atom stereocenters. The van der Waals surface area contributed by atoms with Crippen LogP contribution in [0.25, 0.3) is 10.2 Å². The lowest BCUT2D eigenvalue weighted by atomic mass is 10.1. The SMILES string of the molecule is CCCCN(CCNC[C@@H](O)c1ccc(O)c2[nH]c(=O)sc12)C(=O)CCOCCc1ccccc1. The molecular weight excluding hydrogens is 466 g/mol. The van der Waals surface area contributed by atoms with Crippen LogP contribution in [0.5, 0.6) is 5.75 Å². The highest BCUT2D eigenvalue weighted by atomic mass is 32.1. The van der Waals surface area contributed by atoms with Gasteiger partial charge in [0.2, 0.25) is 5.91 Å². The van der Waals surface area contributed by atoms with Crippen LogP contribution in [0.4, 0.5) is 0 Å². The zero-order valence-electron chi connectivity index (χ0n) is 20.2. The van der Waals surface area contributed by atoms with Gasteiger partial charge >= 0.3 is 4.87 Å². The average molecular weight is 502 g/mol. The predicted octanol–water partition coefficient (Wildman–Crippen LogP) is 3.20. The van der Waals surface area contributed by atoms with Crippen molar-refractivity contribution in [2.45, 2.75) is 38.7 Å². The van der Waals surface area contributed by atoms with E-state index in [1.54, 1.807) is 6.07 Å². The second-order valence-corrected chi connectivity index (χ2v) is 9.43. The zero-order valence-corrected chi connectivity index (χ0v) is 21.0. The van der Waals surface area contributed by atoms with E-state index in [4.69, 9.17) is 4.74 Å². The number of H-pyrrole nitrogens is 1. The van der Waals surface area contributed by atoms with E-state index in [0.29, 0.717) is 55.0 Å². The molecule has 0 aliphatic heterocycles. The van der Waals surface area contributed by atoms with Gasteiger partial charge in [-0.1, -0.05) is 61.1 Å². The molecule has 0 bridgehead atoms. The van der Waals surface area contributed by atoms with Crippen molar-refractivity contribution >= 4 is 27.5 Å². The molecule has 2 aromatic carbocycles. The second kappa shape index (κ2) is 14.0. The van der Waals surface area contributed by atoms with Gasteiger partial charge in [0.05, 0.1) is 30.4 Å². The molecule has 4 N–H and O–H groups in total. The Bertz CT molecular complexity index is 1120. The number of ether oxygens (including phenoxy) is 1. The van der Waals surface area contributed by atoms with Gasteiger partial charge in [-0.3, -0.25) is 9.59 Å². The number of aromatic nitrogens is 1. The van der Waals surface area contributed by atoms with Gasteiger partial charge in [0.1, 0.15) is 11.3 Å². The molecule has 1 heterocycles. The lowest BCUT2D eigenvalue weighted by molar-refractivity contribution is -0.132. The molecule has 0 unspecified atom stereocenters. The number of aliphatic hydroxyl groups is 1. The number of aliphatic hydroxyl groups excluding tert-OH is 1. The van der Waals surface area contributed by atoms with Crippen molar-refractivity contribution in [3.05, 3.63) is 63.3 Å². The van der Waals surface area contributed by atoms with Gasteiger partial charge in [-0.05, 0) is 24.5 Å². The third-order valence-corrected chi connectivity index (χ3v) is 6.75. The number of aromatic amines is 1. The third kappa shape index (κ3) is 8.17. The number of hydrogen-bond acceptors (Lipinski definition) is 7. The van der Waals surface area contributed by atoms with Crippen molar-refractivity contribution in [3.8, 4) is 5.75 Å². The first-order valence-electron chi connectivity index (χ1n) is 12.1. The first-order valence-corrected chi connectivity index (χ1v) is 12.9. The van der Waals surface area contributed by atoms with E-state index in [0.717, 1.165) is 30.6 Å². The Labute approximate surface area is 209 Å². The molecule has 35 heavy (non-hydrogen) atoms. The molecule has 0 fully saturated rings. The average Bonchev–Trinajstić information content (AvgIpc) is 3.26. The summed E-state index contributed by atoms with van der Waals surface area (Å²) in [6.07, 6.45) is 2.26. The van der Waals surface area contributed by atoms with Crippen molar-refractivity contribution in [2.75, 3.05) is 39.4 Å². The van der Waals surface area contributed by atoms with E-state index in [9.17, 15) is 19.8 Å². The van der Waals surface area contributed by atoms with Crippen molar-refractivity contribution in [2.24, 2.45) is 0 Å². The quantitative estimate of drug-likeness (QED) is 0.238. The molecule has 3 rings (SSSR count). The fraction of sp³-hybridized carbons (Fsp3) is 0.462. The Morgan fingerprint density at radius 1 is 1.17 bits per heavy atom. The molecular formula is C26H35N3O5S. The number of hydrogen-bond donors (Lipinski definition) is 4. The normalized spacial score (nSPS) is 12.2. The molecule has 8 nitrogen and oxygen atoms in total. The number of nitrogens with one attached hydrogen (secondary N) is 2. The standard InChI is InChI=1S/C26H35N3O5S/c1-2-3-14-29(23(32)12-17-34-16-11-19-7-5-4-6-8-19)15-13-27-18-22(31)20-9-10-21(30)24-25(20)35-26(33)28-24/h4-10,22,27,30-31H,2-3,11-18H2,1H3,(H,28,33)/t22-/m1/s1. The van der Waals surface area contributed by atoms with Crippen LogP contribution < -0.4 is 10.2 Å². The van der Waals surface area contributed by atoms with Gasteiger partial charge in [0.25, 0.3) is 0 Å². The Hall–Kier alpha value is -2.72. The first-order chi connectivity index (χ1) is 17.0. The number of carbonyl (C=O) groups is 1. The molecule has 0 aliphatic carbocycles. The smallest absolute Gasteiger partial charge is 0.305 e. The molecule has 0 aliphatic rings. The van der Waals surface area contributed by atoms with Crippen LogP contribution in [0.2, 0.25) is 0 Å². The van der Waals surface area contributed by atoms with Gasteiger partial charge in [-0.2, -0.15) is 0 Å². The highest BCUT2D eigenvalue weighted by molar-refractivity contribution is 7.16. The molecule has 0 spiro atoms. The number of benzene rings is 2. The number of carbonyl (C=O) groups excluding carboxylic acids is 1. The van der Waals surface area contributed by atoms with Crippen molar-refractivity contribution in [1.29, 1.82) is 0 Å². The van der Waals surface area contributed by atoms with Crippen LogP contribution in [0.15, 0.2) is 47.3 Å². The van der Waals surface area contributed by atoms with E-state index in [2.05, 4.69) is 29.4 Å². The number of rotatable bonds is 15. The summed E-state index contributed by atoms with van der Waals surface area (Å²) in [5, 5.41) is 23.8. The molecule has 1 amide bonds. The van der Waals surface area contributed by atoms with E-state index in [1.807, 2.05) is 23.1 Å². The molecule has 3 aromatic rings. The number of phenols is 1. The van der Waals surface area contributed by atoms with Crippen LogP contribution in [0.3, 0.4) is 0 Å². The number of aromatic hydroxyl groups is 1. The molecule has 0 saturated carbocycles. The van der Waals surface area contributed by atoms with E-state index < -0.39 is 6.10 Å². The van der Waals surface area contributed by atoms with Gasteiger partial charge in [-0.25, -0.2) is 0 Å². The molecule has 190 valence electrons. The van der Waals surface area contributed by atoms with Crippen LogP contribution in [0, 0.1) is 0 Å². The maximum Gasteiger partial charge on any atom is 0.305 e. The fourth-order valence-corrected chi connectivity index (χ4v) is 4.75. The summed E-state index contributed by atoms with van der Waals surface area (Å²) in [5.41, 5.74) is 2.15. The monoisotopic (exact) mass is 501 g/mol. The van der Waals surface area contributed by atoms with Gasteiger partial charge in [0, 0.05) is 31.7 Å². The second-order valence-electron chi connectivity index (χ2n) is 8.44. The number of fused-ring (bicyclic) bond motifs is 1. The number of thiazole rings is 1. The molecule has 0 saturated heterocycles. The summed E-state index contributed by atoms with van der Waals surface area (Å²) in [6, 6.07) is 13.2. The minimum absolute atomic E-state index is 0.0172. The summed E-state index contributed by atoms with van der Waals surface area (Å²) < 4.78 is 6.23. The Kier molecular flexibility index (Phi) is 10.7. The van der Waals surface area contributed by atoms with E-state index in [1.165, 1.54) is 11.6 Å². The fourth-order valence-electron chi connectivity index (χ4n) is 3.83. The Morgan fingerprint density at radius 3 is 2.74 bits per heavy atom. The highest BCUT2D eigenvalue weighted by Gasteiger charge is 2.17. The third-order valence-electron chi connectivity index (χ3n) is 5.82. The van der Waals surface area contributed by atoms with Crippen LogP contribution in [0.1, 0.15) is 43.4 Å². The van der Waals surface area contributed by atoms with E-state index in [-0.39, 0.29) is 23.1 Å². The topological polar surface area (TPSA) is 115 Å². The molecule has 1 aromatic heterocycles. The van der Waals surface area contributed by atoms with Crippen LogP contribution >= 0.6 is 11.3 Å². The lowest BCUT2D eigenvalue weighted by Crippen LogP contribution is -2.38. The predicted molar refractivity (Wildman–Crippen MR) is 139 cm³/mol. The zero-order chi connectivity index (χ0) is 25.0. The Balaban J connectivity index is 1.41. The highest BCUT2D eigenvalue weighted by Crippen LogP contribution is 2.31. The van der Waals surface area contributed by atoms with Gasteiger partial charge in [0.15, 0.2) is 0 Å². The lowest BCUT2D eigenvalue weighted by Gasteiger charge is -2.23. The maximum atomic E-state index is 12.7. The number of nitrogens with zero attached hydrogens (tertiary/aromatic N) is 1. The summed E-state index contributed by atoms with van der Waals surface area (Å²) in [4.78, 5) is 28.6.